The number of amides is 1. The maximum atomic E-state index is 10.9. The molecule has 0 aliphatic carbocycles. The van der Waals surface area contributed by atoms with Gasteiger partial charge in [0.2, 0.25) is 6.41 Å². The Balaban J connectivity index is 2.52. The van der Waals surface area contributed by atoms with Crippen molar-refractivity contribution < 1.29 is 14.3 Å². The summed E-state index contributed by atoms with van der Waals surface area (Å²) < 4.78 is 4.49. The zero-order valence-corrected chi connectivity index (χ0v) is 9.68. The molecule has 0 aromatic heterocycles. The van der Waals surface area contributed by atoms with Crippen molar-refractivity contribution in [1.82, 2.24) is 5.32 Å². The van der Waals surface area contributed by atoms with E-state index in [0.29, 0.717) is 13.0 Å². The molecule has 4 nitrogen and oxygen atoms in total. The van der Waals surface area contributed by atoms with Gasteiger partial charge >= 0.3 is 5.97 Å². The fourth-order valence-corrected chi connectivity index (χ4v) is 1.30. The molecular formula is C13H15NO3. The van der Waals surface area contributed by atoms with Crippen molar-refractivity contribution in [2.75, 3.05) is 13.7 Å². The molecule has 0 saturated carbocycles. The van der Waals surface area contributed by atoms with Gasteiger partial charge in [0.05, 0.1) is 7.11 Å². The lowest BCUT2D eigenvalue weighted by Crippen LogP contribution is -2.14. The molecule has 0 radical (unpaired) electrons. The van der Waals surface area contributed by atoms with E-state index in [1.165, 1.54) is 13.2 Å². The van der Waals surface area contributed by atoms with Gasteiger partial charge in [0.1, 0.15) is 0 Å². The molecule has 0 heterocycles. The first-order chi connectivity index (χ1) is 8.26. The van der Waals surface area contributed by atoms with E-state index in [-0.39, 0.29) is 5.97 Å². The van der Waals surface area contributed by atoms with Gasteiger partial charge in [0.25, 0.3) is 0 Å². The van der Waals surface area contributed by atoms with Crippen molar-refractivity contribution in [2.24, 2.45) is 0 Å². The molecule has 0 fully saturated rings. The molecule has 0 aliphatic rings. The predicted octanol–water partition coefficient (Wildman–Crippen LogP) is 1.16. The highest BCUT2D eigenvalue weighted by Gasteiger charge is 1.94. The van der Waals surface area contributed by atoms with Crippen LogP contribution in [0, 0.1) is 0 Å². The summed E-state index contributed by atoms with van der Waals surface area (Å²) in [5.74, 6) is -0.371. The van der Waals surface area contributed by atoms with Crippen LogP contribution in [0.2, 0.25) is 0 Å². The molecule has 0 saturated heterocycles. The molecule has 0 unspecified atom stereocenters. The highest BCUT2D eigenvalue weighted by molar-refractivity contribution is 5.86. The van der Waals surface area contributed by atoms with Gasteiger partial charge in [-0.05, 0) is 23.6 Å². The van der Waals surface area contributed by atoms with Crippen LogP contribution in [0.5, 0.6) is 0 Å². The fourth-order valence-electron chi connectivity index (χ4n) is 1.30. The molecule has 1 rings (SSSR count). The van der Waals surface area contributed by atoms with Crippen molar-refractivity contribution >= 4 is 18.5 Å². The molecule has 1 aromatic rings. The fraction of sp³-hybridized carbons (Fsp3) is 0.231. The summed E-state index contributed by atoms with van der Waals surface area (Å²) in [5.41, 5.74) is 2.07. The van der Waals surface area contributed by atoms with E-state index in [0.717, 1.165) is 17.5 Å². The van der Waals surface area contributed by atoms with Gasteiger partial charge in [-0.1, -0.05) is 24.3 Å². The molecule has 90 valence electrons. The van der Waals surface area contributed by atoms with E-state index < -0.39 is 0 Å². The summed E-state index contributed by atoms with van der Waals surface area (Å²) in [6.07, 6.45) is 4.55. The van der Waals surface area contributed by atoms with Crippen LogP contribution in [0.15, 0.2) is 30.3 Å². The number of methoxy groups -OCH3 is 1. The quantitative estimate of drug-likeness (QED) is 0.347. The van der Waals surface area contributed by atoms with Crippen LogP contribution in [0.4, 0.5) is 0 Å². The second kappa shape index (κ2) is 7.22. The van der Waals surface area contributed by atoms with Crippen LogP contribution in [-0.4, -0.2) is 26.0 Å². The van der Waals surface area contributed by atoms with Gasteiger partial charge in [0, 0.05) is 12.6 Å². The number of rotatable bonds is 6. The molecule has 0 spiro atoms. The normalized spacial score (nSPS) is 10.2. The maximum absolute atomic E-state index is 10.9. The number of hydrogen-bond donors (Lipinski definition) is 1. The third-order valence-corrected chi connectivity index (χ3v) is 2.23. The van der Waals surface area contributed by atoms with E-state index in [1.807, 2.05) is 24.3 Å². The molecule has 0 aliphatic heterocycles. The Labute approximate surface area is 100 Å². The minimum absolute atomic E-state index is 0.371. The first kappa shape index (κ1) is 13.0. The van der Waals surface area contributed by atoms with Gasteiger partial charge in [0.15, 0.2) is 0 Å². The first-order valence-electron chi connectivity index (χ1n) is 5.28. The summed E-state index contributed by atoms with van der Waals surface area (Å²) in [7, 11) is 1.34. The predicted molar refractivity (Wildman–Crippen MR) is 65.3 cm³/mol. The third-order valence-electron chi connectivity index (χ3n) is 2.23. The second-order valence-electron chi connectivity index (χ2n) is 3.42. The number of carbonyl (C=O) groups excluding carboxylic acids is 2. The largest absolute Gasteiger partial charge is 0.466 e. The van der Waals surface area contributed by atoms with Gasteiger partial charge in [-0.2, -0.15) is 0 Å². The summed E-state index contributed by atoms with van der Waals surface area (Å²) in [4.78, 5) is 20.9. The Morgan fingerprint density at radius 3 is 2.65 bits per heavy atom. The average Bonchev–Trinajstić information content (AvgIpc) is 2.37. The Kier molecular flexibility index (Phi) is 5.51. The highest BCUT2D eigenvalue weighted by Crippen LogP contribution is 2.06. The third kappa shape index (κ3) is 4.97. The number of nitrogens with one attached hydrogen (secondary N) is 1. The summed E-state index contributed by atoms with van der Waals surface area (Å²) in [5, 5.41) is 2.60. The van der Waals surface area contributed by atoms with E-state index in [2.05, 4.69) is 10.1 Å². The van der Waals surface area contributed by atoms with Crippen molar-refractivity contribution in [3.63, 3.8) is 0 Å². The number of benzene rings is 1. The zero-order chi connectivity index (χ0) is 12.5. The topological polar surface area (TPSA) is 55.4 Å². The zero-order valence-electron chi connectivity index (χ0n) is 9.68. The first-order valence-corrected chi connectivity index (χ1v) is 5.28. The smallest absolute Gasteiger partial charge is 0.330 e. The molecule has 4 heteroatoms. The monoisotopic (exact) mass is 233 g/mol. The maximum Gasteiger partial charge on any atom is 0.330 e. The van der Waals surface area contributed by atoms with Gasteiger partial charge < -0.3 is 10.1 Å². The van der Waals surface area contributed by atoms with Crippen LogP contribution in [-0.2, 0) is 20.7 Å². The Morgan fingerprint density at radius 1 is 1.35 bits per heavy atom. The van der Waals surface area contributed by atoms with Gasteiger partial charge in [-0.3, -0.25) is 4.79 Å². The molecule has 1 N–H and O–H groups in total. The number of carbonyl (C=O) groups is 2. The Morgan fingerprint density at radius 2 is 2.06 bits per heavy atom. The minimum atomic E-state index is -0.371. The molecule has 1 aromatic carbocycles. The lowest BCUT2D eigenvalue weighted by molar-refractivity contribution is -0.134. The van der Waals surface area contributed by atoms with E-state index in [4.69, 9.17) is 0 Å². The Hall–Kier alpha value is -2.10. The van der Waals surface area contributed by atoms with Crippen LogP contribution in [0.1, 0.15) is 11.1 Å². The lowest BCUT2D eigenvalue weighted by Gasteiger charge is -2.01. The van der Waals surface area contributed by atoms with Crippen LogP contribution < -0.4 is 5.32 Å². The number of esters is 1. The van der Waals surface area contributed by atoms with Crippen LogP contribution in [0.25, 0.3) is 6.08 Å². The van der Waals surface area contributed by atoms with Gasteiger partial charge in [-0.25, -0.2) is 4.79 Å². The van der Waals surface area contributed by atoms with Crippen molar-refractivity contribution in [3.8, 4) is 0 Å². The van der Waals surface area contributed by atoms with Crippen molar-refractivity contribution in [1.29, 1.82) is 0 Å². The van der Waals surface area contributed by atoms with E-state index >= 15 is 0 Å². The van der Waals surface area contributed by atoms with Crippen molar-refractivity contribution in [2.45, 2.75) is 6.42 Å². The van der Waals surface area contributed by atoms with Gasteiger partial charge in [-0.15, -0.1) is 0 Å². The minimum Gasteiger partial charge on any atom is -0.466 e. The number of ether oxygens (including phenoxy) is 1. The Bertz CT molecular complexity index is 396. The molecule has 0 atom stereocenters. The number of hydrogen-bond acceptors (Lipinski definition) is 3. The highest BCUT2D eigenvalue weighted by atomic mass is 16.5. The van der Waals surface area contributed by atoms with E-state index in [1.54, 1.807) is 6.08 Å². The summed E-state index contributed by atoms with van der Waals surface area (Å²) in [6, 6.07) is 7.75. The summed E-state index contributed by atoms with van der Waals surface area (Å²) >= 11 is 0. The average molecular weight is 233 g/mol. The van der Waals surface area contributed by atoms with Crippen molar-refractivity contribution in [3.05, 3.63) is 41.5 Å². The lowest BCUT2D eigenvalue weighted by atomic mass is 10.1. The molecule has 1 amide bonds. The standard InChI is InChI=1S/C13H15NO3/c1-17-13(16)7-6-11-2-4-12(5-3-11)8-9-14-10-15/h2-7,10H,8-9H2,1H3,(H,14,15)/b7-6+. The molecule has 0 bridgehead atoms. The second-order valence-corrected chi connectivity index (χ2v) is 3.42. The molecular weight excluding hydrogens is 218 g/mol. The summed E-state index contributed by atoms with van der Waals surface area (Å²) in [6.45, 7) is 0.626. The molecule has 17 heavy (non-hydrogen) atoms. The van der Waals surface area contributed by atoms with Crippen LogP contribution in [0.3, 0.4) is 0 Å². The van der Waals surface area contributed by atoms with Crippen LogP contribution >= 0.6 is 0 Å². The van der Waals surface area contributed by atoms with E-state index in [9.17, 15) is 9.59 Å². The SMILES string of the molecule is COC(=O)/C=C/c1ccc(CCNC=O)cc1.